The van der Waals surface area contributed by atoms with E-state index in [4.69, 9.17) is 14.2 Å². The number of carboxylic acid groups (broad SMARTS) is 1. The van der Waals surface area contributed by atoms with E-state index in [-0.39, 0.29) is 0 Å². The minimum absolute atomic E-state index is 0.415. The highest BCUT2D eigenvalue weighted by Crippen LogP contribution is 2.43. The van der Waals surface area contributed by atoms with Crippen LogP contribution in [-0.2, 0) is 4.79 Å². The zero-order valence-corrected chi connectivity index (χ0v) is 16.9. The average molecular weight is 403 g/mol. The van der Waals surface area contributed by atoms with Gasteiger partial charge in [-0.1, -0.05) is 6.42 Å². The zero-order valence-electron chi connectivity index (χ0n) is 16.9. The molecule has 0 spiro atoms. The number of halogens is 1. The Morgan fingerprint density at radius 3 is 2.45 bits per heavy atom. The van der Waals surface area contributed by atoms with Gasteiger partial charge in [0.2, 0.25) is 0 Å². The number of methoxy groups -OCH3 is 3. The van der Waals surface area contributed by atoms with Crippen molar-refractivity contribution in [2.75, 3.05) is 27.9 Å². The lowest BCUT2D eigenvalue weighted by Crippen LogP contribution is -2.47. The van der Waals surface area contributed by atoms with E-state index in [1.165, 1.54) is 19.2 Å². The van der Waals surface area contributed by atoms with Gasteiger partial charge < -0.3 is 19.3 Å². The number of piperidine rings is 1. The number of benzene rings is 2. The summed E-state index contributed by atoms with van der Waals surface area (Å²) >= 11 is 0. The molecule has 0 aliphatic carbocycles. The summed E-state index contributed by atoms with van der Waals surface area (Å²) in [5, 5.41) is 9.84. The van der Waals surface area contributed by atoms with Crippen LogP contribution in [0.2, 0.25) is 0 Å². The van der Waals surface area contributed by atoms with Crippen LogP contribution < -0.4 is 14.2 Å². The molecular weight excluding hydrogens is 377 g/mol. The first-order valence-corrected chi connectivity index (χ1v) is 9.54. The lowest BCUT2D eigenvalue weighted by atomic mass is 9.90. The number of carbonyl (C=O) groups is 1. The molecule has 2 aromatic rings. The predicted molar refractivity (Wildman–Crippen MR) is 106 cm³/mol. The van der Waals surface area contributed by atoms with Gasteiger partial charge >= 0.3 is 5.97 Å². The van der Waals surface area contributed by atoms with E-state index in [2.05, 4.69) is 0 Å². The summed E-state index contributed by atoms with van der Waals surface area (Å²) < 4.78 is 30.6. The molecular formula is C22H26FNO5. The molecule has 1 heterocycles. The van der Waals surface area contributed by atoms with Crippen molar-refractivity contribution in [1.82, 2.24) is 4.90 Å². The monoisotopic (exact) mass is 403 g/mol. The molecule has 0 aromatic heterocycles. The lowest BCUT2D eigenvalue weighted by Gasteiger charge is -2.40. The molecule has 1 aliphatic heterocycles. The van der Waals surface area contributed by atoms with Gasteiger partial charge in [-0.15, -0.1) is 0 Å². The molecule has 1 fully saturated rings. The Hall–Kier alpha value is -2.80. The Bertz CT molecular complexity index is 872. The number of likely N-dealkylation sites (tertiary alicyclic amines) is 1. The quantitative estimate of drug-likeness (QED) is 0.757. The highest BCUT2D eigenvalue weighted by atomic mass is 19.1. The summed E-state index contributed by atoms with van der Waals surface area (Å²) in [6.45, 7) is 0.566. The molecule has 1 saturated heterocycles. The third kappa shape index (κ3) is 4.29. The largest absolute Gasteiger partial charge is 0.497 e. The zero-order chi connectivity index (χ0) is 21.0. The van der Waals surface area contributed by atoms with Gasteiger partial charge in [-0.2, -0.15) is 0 Å². The summed E-state index contributed by atoms with van der Waals surface area (Å²) in [6.07, 6.45) is 2.22. The smallest absolute Gasteiger partial charge is 0.320 e. The molecule has 6 nitrogen and oxygen atoms in total. The average Bonchev–Trinajstić information content (AvgIpc) is 2.74. The van der Waals surface area contributed by atoms with Crippen molar-refractivity contribution < 1.29 is 28.5 Å². The van der Waals surface area contributed by atoms with Crippen LogP contribution in [-0.4, -0.2) is 49.9 Å². The number of hydrogen-bond donors (Lipinski definition) is 1. The Morgan fingerprint density at radius 2 is 1.79 bits per heavy atom. The molecule has 156 valence electrons. The first kappa shape index (κ1) is 20.9. The van der Waals surface area contributed by atoms with Gasteiger partial charge in [0, 0.05) is 17.2 Å². The molecule has 0 bridgehead atoms. The third-order valence-electron chi connectivity index (χ3n) is 5.38. The topological polar surface area (TPSA) is 68.2 Å². The molecule has 0 saturated carbocycles. The Kier molecular flexibility index (Phi) is 6.59. The van der Waals surface area contributed by atoms with E-state index in [1.807, 2.05) is 11.0 Å². The van der Waals surface area contributed by atoms with Crippen molar-refractivity contribution >= 4 is 5.97 Å². The number of ether oxygens (including phenoxy) is 3. The van der Waals surface area contributed by atoms with Crippen molar-refractivity contribution in [3.05, 3.63) is 53.3 Å². The van der Waals surface area contributed by atoms with Crippen LogP contribution in [0.4, 0.5) is 4.39 Å². The van der Waals surface area contributed by atoms with Crippen LogP contribution in [0, 0.1) is 5.82 Å². The van der Waals surface area contributed by atoms with E-state index >= 15 is 0 Å². The van der Waals surface area contributed by atoms with Crippen molar-refractivity contribution in [1.29, 1.82) is 0 Å². The summed E-state index contributed by atoms with van der Waals surface area (Å²) in [5.74, 6) is 0.336. The minimum atomic E-state index is -0.891. The van der Waals surface area contributed by atoms with Gasteiger partial charge in [0.05, 0.1) is 27.4 Å². The van der Waals surface area contributed by atoms with Crippen molar-refractivity contribution in [2.24, 2.45) is 0 Å². The second-order valence-electron chi connectivity index (χ2n) is 6.98. The molecule has 2 unspecified atom stereocenters. The fourth-order valence-corrected chi connectivity index (χ4v) is 4.02. The van der Waals surface area contributed by atoms with Crippen LogP contribution in [0.1, 0.15) is 36.4 Å². The normalized spacial score (nSPS) is 18.1. The minimum Gasteiger partial charge on any atom is -0.497 e. The van der Waals surface area contributed by atoms with Crippen LogP contribution in [0.5, 0.6) is 17.2 Å². The second-order valence-corrected chi connectivity index (χ2v) is 6.98. The van der Waals surface area contributed by atoms with Crippen LogP contribution in [0.3, 0.4) is 0 Å². The van der Waals surface area contributed by atoms with E-state index in [0.717, 1.165) is 18.4 Å². The second kappa shape index (κ2) is 9.13. The first-order chi connectivity index (χ1) is 14.0. The summed E-state index contributed by atoms with van der Waals surface area (Å²) in [7, 11) is 4.62. The number of rotatable bonds is 7. The van der Waals surface area contributed by atoms with Gasteiger partial charge in [0.15, 0.2) is 0 Å². The van der Waals surface area contributed by atoms with Gasteiger partial charge in [0.1, 0.15) is 29.1 Å². The lowest BCUT2D eigenvalue weighted by molar-refractivity contribution is -0.145. The fraction of sp³-hybridized carbons (Fsp3) is 0.409. The maximum absolute atomic E-state index is 14.2. The van der Waals surface area contributed by atoms with Crippen molar-refractivity contribution in [3.63, 3.8) is 0 Å². The Labute approximate surface area is 169 Å². The Morgan fingerprint density at radius 1 is 1.03 bits per heavy atom. The van der Waals surface area contributed by atoms with Crippen LogP contribution in [0.25, 0.3) is 0 Å². The molecule has 0 radical (unpaired) electrons. The van der Waals surface area contributed by atoms with Gasteiger partial charge in [0.25, 0.3) is 0 Å². The molecule has 1 N–H and O–H groups in total. The predicted octanol–water partition coefficient (Wildman–Crippen LogP) is 3.88. The Balaban J connectivity index is 2.22. The maximum atomic E-state index is 14.2. The summed E-state index contributed by atoms with van der Waals surface area (Å²) in [6, 6.07) is 8.42. The number of aliphatic carboxylic acids is 1. The highest BCUT2D eigenvalue weighted by Gasteiger charge is 2.37. The number of hydrogen-bond acceptors (Lipinski definition) is 5. The molecule has 3 rings (SSSR count). The number of carboxylic acids is 1. The fourth-order valence-electron chi connectivity index (χ4n) is 4.02. The standard InChI is InChI=1S/C22H26FNO5/c1-27-15-8-9-16(20(13-15)29-3)21(17-12-14(23)7-10-19(17)28-2)24-11-5-4-6-18(24)22(25)26/h7-10,12-13,18,21H,4-6,11H2,1-3H3,(H,25,26). The van der Waals surface area contributed by atoms with E-state index in [9.17, 15) is 14.3 Å². The van der Waals surface area contributed by atoms with Gasteiger partial charge in [-0.05, 0) is 49.7 Å². The highest BCUT2D eigenvalue weighted by molar-refractivity contribution is 5.74. The van der Waals surface area contributed by atoms with Crippen molar-refractivity contribution in [2.45, 2.75) is 31.3 Å². The number of nitrogens with zero attached hydrogens (tertiary/aromatic N) is 1. The molecule has 1 aliphatic rings. The molecule has 7 heteroatoms. The van der Waals surface area contributed by atoms with Gasteiger partial charge in [-0.3, -0.25) is 9.69 Å². The van der Waals surface area contributed by atoms with Crippen LogP contribution in [0.15, 0.2) is 36.4 Å². The third-order valence-corrected chi connectivity index (χ3v) is 5.38. The molecule has 2 atom stereocenters. The molecule has 29 heavy (non-hydrogen) atoms. The molecule has 2 aromatic carbocycles. The van der Waals surface area contributed by atoms with E-state index in [1.54, 1.807) is 32.4 Å². The molecule has 0 amide bonds. The van der Waals surface area contributed by atoms with E-state index in [0.29, 0.717) is 35.8 Å². The summed E-state index contributed by atoms with van der Waals surface area (Å²) in [5.41, 5.74) is 1.29. The SMILES string of the molecule is COc1ccc(C(c2cc(F)ccc2OC)N2CCCCC2C(=O)O)c(OC)c1. The first-order valence-electron chi connectivity index (χ1n) is 9.54. The van der Waals surface area contributed by atoms with Gasteiger partial charge in [-0.25, -0.2) is 4.39 Å². The van der Waals surface area contributed by atoms with Crippen LogP contribution >= 0.6 is 0 Å². The van der Waals surface area contributed by atoms with Crippen molar-refractivity contribution in [3.8, 4) is 17.2 Å². The summed E-state index contributed by atoms with van der Waals surface area (Å²) in [4.78, 5) is 13.9. The van der Waals surface area contributed by atoms with E-state index < -0.39 is 23.9 Å². The maximum Gasteiger partial charge on any atom is 0.320 e.